The molecule has 11 aromatic carbocycles. The molecule has 82 heavy (non-hydrogen) atoms. The second-order valence-electron chi connectivity index (χ2n) is 21.3. The number of rotatable bonds is 8. The predicted molar refractivity (Wildman–Crippen MR) is 337 cm³/mol. The van der Waals surface area contributed by atoms with Gasteiger partial charge in [0.15, 0.2) is 34.9 Å². The van der Waals surface area contributed by atoms with Crippen molar-refractivity contribution in [2.24, 2.45) is 0 Å². The molecule has 0 amide bonds. The Morgan fingerprint density at radius 1 is 0.195 bits per heavy atom. The van der Waals surface area contributed by atoms with Gasteiger partial charge in [-0.3, -0.25) is 0 Å². The molecule has 4 aromatic heterocycles. The van der Waals surface area contributed by atoms with Crippen molar-refractivity contribution in [3.63, 3.8) is 0 Å². The zero-order valence-corrected chi connectivity index (χ0v) is 45.5. The molecule has 0 saturated carbocycles. The van der Waals surface area contributed by atoms with Gasteiger partial charge in [-0.1, -0.05) is 206 Å². The van der Waals surface area contributed by atoms with Crippen molar-refractivity contribution in [3.8, 4) is 90.6 Å². The fraction of sp³-hybridized carbons (Fsp3) is 0.0270. The highest BCUT2D eigenvalue weighted by Crippen LogP contribution is 2.57. The number of fused-ring (bicyclic) bond motifs is 6. The Kier molecular flexibility index (Phi) is 10.7. The van der Waals surface area contributed by atoms with E-state index < -0.39 is 0 Å². The van der Waals surface area contributed by atoms with E-state index in [1.807, 2.05) is 59.1 Å². The summed E-state index contributed by atoms with van der Waals surface area (Å²) in [5.41, 5.74) is 17.9. The summed E-state index contributed by atoms with van der Waals surface area (Å²) in [4.78, 5) is 31.5. The lowest BCUT2D eigenvalue weighted by atomic mass is 9.61. The molecule has 0 fully saturated rings. The van der Waals surface area contributed by atoms with Crippen LogP contribution in [0.2, 0.25) is 0 Å². The highest BCUT2D eigenvalue weighted by molar-refractivity contribution is 7.26. The minimum Gasteiger partial charge on any atom is -0.208 e. The van der Waals surface area contributed by atoms with Gasteiger partial charge in [0.05, 0.1) is 0 Å². The first kappa shape index (κ1) is 46.8. The highest BCUT2D eigenvalue weighted by atomic mass is 32.1. The molecule has 382 valence electrons. The molecule has 2 unspecified atom stereocenters. The van der Waals surface area contributed by atoms with Crippen LogP contribution in [0.1, 0.15) is 45.2 Å². The summed E-state index contributed by atoms with van der Waals surface area (Å²) in [7, 11) is 0. The van der Waals surface area contributed by atoms with Gasteiger partial charge >= 0.3 is 0 Å². The first-order valence-electron chi connectivity index (χ1n) is 27.6. The Morgan fingerprint density at radius 3 is 0.939 bits per heavy atom. The molecule has 0 spiro atoms. The van der Waals surface area contributed by atoms with Gasteiger partial charge in [-0.05, 0) is 104 Å². The molecule has 2 atom stereocenters. The minimum atomic E-state index is -0.00613. The lowest BCUT2D eigenvalue weighted by Crippen LogP contribution is -2.27. The normalized spacial score (nSPS) is 14.1. The Bertz CT molecular complexity index is 4770. The summed E-state index contributed by atoms with van der Waals surface area (Å²) in [6, 6.07) is 91.2. The summed E-state index contributed by atoms with van der Waals surface area (Å²) >= 11 is 3.67. The highest BCUT2D eigenvalue weighted by Gasteiger charge is 2.41. The molecule has 18 rings (SSSR count). The SMILES string of the molecule is c1ccc(-c2nc(-c3cccc(-c4ccc5c(c4)sc4ccccc45)c3)nc(-c3ccc4c(c3)C3c5ccccc5C4c4cc(-c5nc(-c6ccccc6)nc(-c6cccc(-c7ccc8c(c7)sc7ccccc78)c6)n5)ccc43)n2)cc1. The monoisotopic (exact) mass is 1080 g/mol. The Hall–Kier alpha value is -10.1. The molecule has 3 aliphatic carbocycles. The van der Waals surface area contributed by atoms with Crippen LogP contribution in [0.25, 0.3) is 131 Å². The van der Waals surface area contributed by atoms with Crippen LogP contribution in [0.3, 0.4) is 0 Å². The average Bonchev–Trinajstić information content (AvgIpc) is 4.01. The molecule has 3 aliphatic rings. The van der Waals surface area contributed by atoms with Gasteiger partial charge in [-0.15, -0.1) is 22.7 Å². The number of benzene rings is 11. The Balaban J connectivity index is 0.750. The average molecular weight is 1080 g/mol. The van der Waals surface area contributed by atoms with Gasteiger partial charge in [-0.2, -0.15) is 0 Å². The van der Waals surface area contributed by atoms with Crippen molar-refractivity contribution in [3.05, 3.63) is 288 Å². The third-order valence-corrected chi connectivity index (χ3v) is 18.8. The molecular weight excluding hydrogens is 1040 g/mol. The molecule has 0 radical (unpaired) electrons. The Morgan fingerprint density at radius 2 is 0.500 bits per heavy atom. The fourth-order valence-electron chi connectivity index (χ4n) is 12.7. The molecule has 2 bridgehead atoms. The minimum absolute atomic E-state index is 0.00613. The summed E-state index contributed by atoms with van der Waals surface area (Å²) in [6.07, 6.45) is 0. The maximum atomic E-state index is 5.32. The van der Waals surface area contributed by atoms with Crippen LogP contribution in [0.4, 0.5) is 0 Å². The lowest BCUT2D eigenvalue weighted by Gasteiger charge is -2.42. The summed E-state index contributed by atoms with van der Waals surface area (Å²) in [5, 5.41) is 5.16. The van der Waals surface area contributed by atoms with E-state index in [9.17, 15) is 0 Å². The number of hydrogen-bond acceptors (Lipinski definition) is 8. The zero-order chi connectivity index (χ0) is 53.8. The van der Waals surface area contributed by atoms with E-state index in [1.165, 1.54) is 73.7 Å². The van der Waals surface area contributed by atoms with Gasteiger partial charge in [-0.25, -0.2) is 29.9 Å². The van der Waals surface area contributed by atoms with E-state index in [1.54, 1.807) is 0 Å². The van der Waals surface area contributed by atoms with Crippen molar-refractivity contribution in [2.45, 2.75) is 11.8 Å². The maximum absolute atomic E-state index is 5.32. The quantitative estimate of drug-likeness (QED) is 0.151. The van der Waals surface area contributed by atoms with Gasteiger partial charge in [0.1, 0.15) is 0 Å². The largest absolute Gasteiger partial charge is 0.208 e. The second-order valence-corrected chi connectivity index (χ2v) is 23.5. The third-order valence-electron chi connectivity index (χ3n) is 16.6. The molecular formula is C74H44N6S2. The number of thiophene rings is 2. The van der Waals surface area contributed by atoms with Crippen LogP contribution in [-0.2, 0) is 0 Å². The lowest BCUT2D eigenvalue weighted by molar-refractivity contribution is 0.754. The number of aromatic nitrogens is 6. The van der Waals surface area contributed by atoms with Gasteiger partial charge in [0.2, 0.25) is 0 Å². The standard InChI is InChI=1S/C74H44N6S2/c1-3-15-43(16-4-1)69-75-71(49-21-13-19-45(37-49)47-29-33-55-53-23-9-11-27-63(53)81-65(55)41-47)79-73(77-69)51-31-35-59-61(39-51)67-57-25-7-8-26-58(57)68(59)62-40-52(32-36-60(62)67)74-78-70(44-17-5-2-6-18-44)76-72(80-74)50-22-14-20-46(38-50)48-30-34-56-54-24-10-12-28-64(54)82-66(56)42-48/h1-42,67-68H. The van der Waals surface area contributed by atoms with Gasteiger partial charge < -0.3 is 0 Å². The summed E-state index contributed by atoms with van der Waals surface area (Å²) in [6.45, 7) is 0. The number of hydrogen-bond donors (Lipinski definition) is 0. The topological polar surface area (TPSA) is 77.3 Å². The zero-order valence-electron chi connectivity index (χ0n) is 43.9. The smallest absolute Gasteiger partial charge is 0.164 e. The van der Waals surface area contributed by atoms with E-state index in [0.717, 1.165) is 55.6 Å². The van der Waals surface area contributed by atoms with E-state index in [0.29, 0.717) is 34.9 Å². The number of nitrogens with zero attached hydrogens (tertiary/aromatic N) is 6. The third kappa shape index (κ3) is 7.75. The maximum Gasteiger partial charge on any atom is 0.164 e. The van der Waals surface area contributed by atoms with E-state index in [4.69, 9.17) is 29.9 Å². The van der Waals surface area contributed by atoms with Crippen LogP contribution in [-0.4, -0.2) is 29.9 Å². The van der Waals surface area contributed by atoms with Crippen LogP contribution < -0.4 is 0 Å². The van der Waals surface area contributed by atoms with Crippen molar-refractivity contribution in [1.29, 1.82) is 0 Å². The van der Waals surface area contributed by atoms with Crippen molar-refractivity contribution >= 4 is 63.0 Å². The first-order valence-corrected chi connectivity index (χ1v) is 29.3. The molecule has 0 saturated heterocycles. The summed E-state index contributed by atoms with van der Waals surface area (Å²) < 4.78 is 5.14. The van der Waals surface area contributed by atoms with Crippen LogP contribution >= 0.6 is 22.7 Å². The molecule has 0 N–H and O–H groups in total. The summed E-state index contributed by atoms with van der Waals surface area (Å²) in [5.74, 6) is 3.79. The molecule has 6 nitrogen and oxygen atoms in total. The predicted octanol–water partition coefficient (Wildman–Crippen LogP) is 19.1. The first-order chi connectivity index (χ1) is 40.6. The van der Waals surface area contributed by atoms with Crippen molar-refractivity contribution in [2.75, 3.05) is 0 Å². The molecule has 8 heteroatoms. The van der Waals surface area contributed by atoms with Crippen LogP contribution in [0.5, 0.6) is 0 Å². The second kappa shape index (κ2) is 18.7. The molecule has 4 heterocycles. The van der Waals surface area contributed by atoms with Gasteiger partial charge in [0, 0.05) is 85.6 Å². The van der Waals surface area contributed by atoms with Crippen LogP contribution in [0, 0.1) is 0 Å². The van der Waals surface area contributed by atoms with Crippen LogP contribution in [0.15, 0.2) is 255 Å². The molecule has 15 aromatic rings. The van der Waals surface area contributed by atoms with Gasteiger partial charge in [0.25, 0.3) is 0 Å². The fourth-order valence-corrected chi connectivity index (χ4v) is 15.0. The van der Waals surface area contributed by atoms with E-state index >= 15 is 0 Å². The molecule has 0 aliphatic heterocycles. The Labute approximate surface area is 480 Å². The van der Waals surface area contributed by atoms with Crippen molar-refractivity contribution in [1.82, 2.24) is 29.9 Å². The van der Waals surface area contributed by atoms with Crippen molar-refractivity contribution < 1.29 is 0 Å². The van der Waals surface area contributed by atoms with E-state index in [2.05, 4.69) is 218 Å². The van der Waals surface area contributed by atoms with E-state index in [-0.39, 0.29) is 11.8 Å².